The molecule has 19 heavy (non-hydrogen) atoms. The van der Waals surface area contributed by atoms with Gasteiger partial charge in [0.2, 0.25) is 5.24 Å². The van der Waals surface area contributed by atoms with Gasteiger partial charge in [-0.25, -0.2) is 4.39 Å². The van der Waals surface area contributed by atoms with Crippen molar-refractivity contribution in [2.24, 2.45) is 0 Å². The predicted octanol–water partition coefficient (Wildman–Crippen LogP) is 5.41. The highest BCUT2D eigenvalue weighted by Crippen LogP contribution is 2.29. The Kier molecular flexibility index (Phi) is 7.93. The molecule has 0 saturated carbocycles. The molecule has 0 atom stereocenters. The van der Waals surface area contributed by atoms with Gasteiger partial charge in [0.1, 0.15) is 5.82 Å². The fraction of sp³-hybridized carbons (Fsp3) is 0.562. The van der Waals surface area contributed by atoms with Gasteiger partial charge in [-0.3, -0.25) is 4.79 Å². The van der Waals surface area contributed by atoms with Crippen LogP contribution in [0.25, 0.3) is 0 Å². The second-order valence-electron chi connectivity index (χ2n) is 4.90. The molecule has 1 aromatic carbocycles. The summed E-state index contributed by atoms with van der Waals surface area (Å²) in [5.74, 6) is 0.103. The lowest BCUT2D eigenvalue weighted by Gasteiger charge is -2.18. The molecule has 0 aliphatic rings. The molecule has 0 bridgehead atoms. The number of rotatable bonds is 4. The third kappa shape index (κ3) is 5.32. The zero-order chi connectivity index (χ0) is 15.2. The minimum absolute atomic E-state index is 0.170. The van der Waals surface area contributed by atoms with Crippen LogP contribution in [0.1, 0.15) is 70.1 Å². The summed E-state index contributed by atoms with van der Waals surface area (Å²) in [5, 5.41) is -0.402. The van der Waals surface area contributed by atoms with Crippen LogP contribution < -0.4 is 0 Å². The van der Waals surface area contributed by atoms with Gasteiger partial charge in [0.05, 0.1) is 0 Å². The molecule has 0 heterocycles. The molecule has 0 N–H and O–H groups in total. The van der Waals surface area contributed by atoms with Gasteiger partial charge in [0.25, 0.3) is 0 Å². The third-order valence-corrected chi connectivity index (χ3v) is 2.98. The first-order valence-corrected chi connectivity index (χ1v) is 7.21. The fourth-order valence-electron chi connectivity index (χ4n) is 2.05. The standard InChI is InChI=1S/C14H18ClFO.C2H6/c1-8(2)11-5-10(16)6-12(9(3)4)13(11)7-14(15)17;1-2/h5-6,8-9H,7H2,1-4H3;1-2H3. The first-order chi connectivity index (χ1) is 8.82. The molecule has 0 spiro atoms. The summed E-state index contributed by atoms with van der Waals surface area (Å²) >= 11 is 5.47. The molecule has 1 nitrogen and oxygen atoms in total. The first-order valence-electron chi connectivity index (χ1n) is 6.83. The van der Waals surface area contributed by atoms with E-state index in [1.54, 1.807) is 0 Å². The Morgan fingerprint density at radius 3 is 1.74 bits per heavy atom. The summed E-state index contributed by atoms with van der Waals surface area (Å²) in [6.07, 6.45) is 0.170. The largest absolute Gasteiger partial charge is 0.281 e. The van der Waals surface area contributed by atoms with E-state index in [9.17, 15) is 9.18 Å². The minimum atomic E-state index is -0.402. The van der Waals surface area contributed by atoms with Gasteiger partial charge in [-0.05, 0) is 52.3 Å². The topological polar surface area (TPSA) is 17.1 Å². The van der Waals surface area contributed by atoms with Crippen molar-refractivity contribution in [3.8, 4) is 0 Å². The van der Waals surface area contributed by atoms with Crippen LogP contribution in [-0.2, 0) is 11.2 Å². The van der Waals surface area contributed by atoms with Crippen molar-refractivity contribution < 1.29 is 9.18 Å². The molecule has 0 saturated heterocycles. The van der Waals surface area contributed by atoms with Crippen molar-refractivity contribution >= 4 is 16.8 Å². The molecular formula is C16H24ClFO. The number of carbonyl (C=O) groups is 1. The molecule has 0 aliphatic heterocycles. The normalized spacial score (nSPS) is 10.4. The summed E-state index contributed by atoms with van der Waals surface area (Å²) in [6, 6.07) is 3.01. The molecule has 0 unspecified atom stereocenters. The predicted molar refractivity (Wildman–Crippen MR) is 80.5 cm³/mol. The number of hydrogen-bond donors (Lipinski definition) is 0. The second-order valence-corrected chi connectivity index (χ2v) is 5.33. The van der Waals surface area contributed by atoms with Gasteiger partial charge in [0, 0.05) is 6.42 Å². The number of benzene rings is 1. The number of halogens is 2. The van der Waals surface area contributed by atoms with E-state index >= 15 is 0 Å². The van der Waals surface area contributed by atoms with Gasteiger partial charge < -0.3 is 0 Å². The monoisotopic (exact) mass is 286 g/mol. The van der Waals surface area contributed by atoms with E-state index in [2.05, 4.69) is 0 Å². The zero-order valence-electron chi connectivity index (χ0n) is 12.7. The van der Waals surface area contributed by atoms with Crippen LogP contribution in [0.3, 0.4) is 0 Å². The molecule has 1 rings (SSSR count). The Morgan fingerprint density at radius 2 is 1.47 bits per heavy atom. The van der Waals surface area contributed by atoms with E-state index in [0.29, 0.717) is 0 Å². The van der Waals surface area contributed by atoms with E-state index in [-0.39, 0.29) is 24.1 Å². The quantitative estimate of drug-likeness (QED) is 0.677. The highest BCUT2D eigenvalue weighted by molar-refractivity contribution is 6.63. The Bertz CT molecular complexity index is 396. The zero-order valence-corrected chi connectivity index (χ0v) is 13.4. The minimum Gasteiger partial charge on any atom is -0.281 e. The van der Waals surface area contributed by atoms with Crippen LogP contribution in [-0.4, -0.2) is 5.24 Å². The van der Waals surface area contributed by atoms with E-state index in [4.69, 9.17) is 11.6 Å². The molecular weight excluding hydrogens is 263 g/mol. The average molecular weight is 287 g/mol. The Hall–Kier alpha value is -0.890. The van der Waals surface area contributed by atoms with Crippen molar-refractivity contribution in [3.63, 3.8) is 0 Å². The van der Waals surface area contributed by atoms with Crippen LogP contribution in [0, 0.1) is 5.82 Å². The lowest BCUT2D eigenvalue weighted by Crippen LogP contribution is -2.08. The van der Waals surface area contributed by atoms with E-state index < -0.39 is 5.24 Å². The molecule has 3 heteroatoms. The number of carbonyl (C=O) groups excluding carboxylic acids is 1. The maximum Gasteiger partial charge on any atom is 0.226 e. The number of hydrogen-bond acceptors (Lipinski definition) is 1. The molecule has 0 aliphatic carbocycles. The van der Waals surface area contributed by atoms with Crippen molar-refractivity contribution in [3.05, 3.63) is 34.6 Å². The van der Waals surface area contributed by atoms with Crippen molar-refractivity contribution in [2.45, 2.75) is 59.8 Å². The molecule has 108 valence electrons. The van der Waals surface area contributed by atoms with Crippen LogP contribution in [0.4, 0.5) is 4.39 Å². The summed E-state index contributed by atoms with van der Waals surface area (Å²) in [7, 11) is 0. The van der Waals surface area contributed by atoms with Crippen molar-refractivity contribution in [1.29, 1.82) is 0 Å². The van der Waals surface area contributed by atoms with E-state index in [1.165, 1.54) is 12.1 Å². The maximum atomic E-state index is 13.5. The van der Waals surface area contributed by atoms with Gasteiger partial charge in [-0.15, -0.1) is 0 Å². The van der Waals surface area contributed by atoms with Crippen molar-refractivity contribution in [2.75, 3.05) is 0 Å². The van der Waals surface area contributed by atoms with Crippen LogP contribution in [0.2, 0.25) is 0 Å². The maximum absolute atomic E-state index is 13.5. The molecule has 0 aromatic heterocycles. The van der Waals surface area contributed by atoms with Gasteiger partial charge in [-0.1, -0.05) is 41.5 Å². The van der Waals surface area contributed by atoms with E-state index in [0.717, 1.165) is 16.7 Å². The van der Waals surface area contributed by atoms with Crippen molar-refractivity contribution in [1.82, 2.24) is 0 Å². The van der Waals surface area contributed by atoms with Crippen LogP contribution in [0.5, 0.6) is 0 Å². The van der Waals surface area contributed by atoms with E-state index in [1.807, 2.05) is 41.5 Å². The summed E-state index contributed by atoms with van der Waals surface area (Å²) in [4.78, 5) is 11.1. The first kappa shape index (κ1) is 18.1. The highest BCUT2D eigenvalue weighted by Gasteiger charge is 2.17. The Labute approximate surface area is 121 Å². The smallest absolute Gasteiger partial charge is 0.226 e. The highest BCUT2D eigenvalue weighted by atomic mass is 35.5. The Balaban J connectivity index is 0.00000154. The lowest BCUT2D eigenvalue weighted by molar-refractivity contribution is -0.111. The summed E-state index contributed by atoms with van der Waals surface area (Å²) in [6.45, 7) is 11.9. The second kappa shape index (κ2) is 8.31. The van der Waals surface area contributed by atoms with Gasteiger partial charge >= 0.3 is 0 Å². The Morgan fingerprint density at radius 1 is 1.11 bits per heavy atom. The molecule has 0 radical (unpaired) electrons. The van der Waals surface area contributed by atoms with Gasteiger partial charge in [-0.2, -0.15) is 0 Å². The molecule has 1 aromatic rings. The molecule has 0 fully saturated rings. The summed E-state index contributed by atoms with van der Waals surface area (Å²) < 4.78 is 13.5. The van der Waals surface area contributed by atoms with Gasteiger partial charge in [0.15, 0.2) is 0 Å². The SMILES string of the molecule is CC.CC(C)c1cc(F)cc(C(C)C)c1CC(=O)Cl. The third-order valence-electron chi connectivity index (χ3n) is 2.84. The molecule has 0 amide bonds. The lowest BCUT2D eigenvalue weighted by atomic mass is 9.87. The fourth-order valence-corrected chi connectivity index (χ4v) is 2.19. The van der Waals surface area contributed by atoms with Crippen LogP contribution >= 0.6 is 11.6 Å². The van der Waals surface area contributed by atoms with Crippen LogP contribution in [0.15, 0.2) is 12.1 Å². The average Bonchev–Trinajstić information content (AvgIpc) is 2.32. The summed E-state index contributed by atoms with van der Waals surface area (Å²) in [5.41, 5.74) is 2.64.